The van der Waals surface area contributed by atoms with Crippen molar-refractivity contribution in [3.63, 3.8) is 0 Å². The van der Waals surface area contributed by atoms with Crippen LogP contribution in [-0.4, -0.2) is 29.5 Å². The molecule has 0 fully saturated rings. The summed E-state index contributed by atoms with van der Waals surface area (Å²) < 4.78 is 1.99. The maximum absolute atomic E-state index is 4.53. The second-order valence-electron chi connectivity index (χ2n) is 5.63. The lowest BCUT2D eigenvalue weighted by molar-refractivity contribution is 1.09. The Labute approximate surface area is 142 Å². The number of nitrogens with one attached hydrogen (secondary N) is 2. The van der Waals surface area contributed by atoms with Gasteiger partial charge in [-0.1, -0.05) is 12.1 Å². The maximum Gasteiger partial charge on any atom is 0.180 e. The number of aromatic amines is 1. The number of rotatable bonds is 3. The molecule has 0 atom stereocenters. The van der Waals surface area contributed by atoms with Crippen molar-refractivity contribution in [2.75, 3.05) is 5.32 Å². The average molecular weight is 327 g/mol. The molecule has 0 aliphatic carbocycles. The fourth-order valence-corrected chi connectivity index (χ4v) is 2.97. The van der Waals surface area contributed by atoms with Crippen LogP contribution in [0.2, 0.25) is 0 Å². The second-order valence-corrected chi connectivity index (χ2v) is 5.63. The van der Waals surface area contributed by atoms with E-state index in [1.165, 1.54) is 0 Å². The SMILES string of the molecule is c1cc(Nc2nccn3c(-c4cn[nH]c4)cnc23)c2ccncc2c1. The predicted octanol–water partition coefficient (Wildman–Crippen LogP) is 3.41. The molecule has 2 N–H and O–H groups in total. The van der Waals surface area contributed by atoms with Crippen molar-refractivity contribution in [1.29, 1.82) is 0 Å². The molecule has 0 spiro atoms. The van der Waals surface area contributed by atoms with E-state index < -0.39 is 0 Å². The molecule has 0 aliphatic rings. The number of H-pyrrole nitrogens is 1. The summed E-state index contributed by atoms with van der Waals surface area (Å²) in [5, 5.41) is 12.4. The number of benzene rings is 1. The van der Waals surface area contributed by atoms with Gasteiger partial charge in [-0.2, -0.15) is 5.10 Å². The van der Waals surface area contributed by atoms with Crippen molar-refractivity contribution in [2.24, 2.45) is 0 Å². The summed E-state index contributed by atoms with van der Waals surface area (Å²) in [4.78, 5) is 13.2. The normalized spacial score (nSPS) is 11.2. The molecular weight excluding hydrogens is 314 g/mol. The number of aromatic nitrogens is 6. The van der Waals surface area contributed by atoms with Crippen molar-refractivity contribution in [3.8, 4) is 11.3 Å². The molecule has 1 aromatic carbocycles. The van der Waals surface area contributed by atoms with E-state index in [2.05, 4.69) is 30.5 Å². The van der Waals surface area contributed by atoms with E-state index in [9.17, 15) is 0 Å². The first-order valence-corrected chi connectivity index (χ1v) is 7.81. The topological polar surface area (TPSA) is 83.8 Å². The summed E-state index contributed by atoms with van der Waals surface area (Å²) in [5.41, 5.74) is 3.65. The molecule has 5 rings (SSSR count). The minimum atomic E-state index is 0.696. The monoisotopic (exact) mass is 327 g/mol. The smallest absolute Gasteiger partial charge is 0.180 e. The van der Waals surface area contributed by atoms with Gasteiger partial charge in [-0.05, 0) is 12.1 Å². The molecule has 120 valence electrons. The minimum absolute atomic E-state index is 0.696. The maximum atomic E-state index is 4.53. The van der Waals surface area contributed by atoms with Gasteiger partial charge in [0.15, 0.2) is 11.5 Å². The summed E-state index contributed by atoms with van der Waals surface area (Å²) in [6.45, 7) is 0. The molecule has 4 heterocycles. The number of imidazole rings is 1. The highest BCUT2D eigenvalue weighted by Crippen LogP contribution is 2.28. The fourth-order valence-electron chi connectivity index (χ4n) is 2.97. The van der Waals surface area contributed by atoms with Crippen molar-refractivity contribution in [2.45, 2.75) is 0 Å². The zero-order valence-electron chi connectivity index (χ0n) is 13.1. The first kappa shape index (κ1) is 13.7. The van der Waals surface area contributed by atoms with E-state index in [1.54, 1.807) is 18.6 Å². The highest BCUT2D eigenvalue weighted by molar-refractivity contribution is 5.95. The Kier molecular flexibility index (Phi) is 2.96. The second kappa shape index (κ2) is 5.41. The van der Waals surface area contributed by atoms with Crippen molar-refractivity contribution in [1.82, 2.24) is 29.5 Å². The van der Waals surface area contributed by atoms with Crippen LogP contribution in [-0.2, 0) is 0 Å². The van der Waals surface area contributed by atoms with Crippen LogP contribution in [0.4, 0.5) is 11.5 Å². The molecule has 0 radical (unpaired) electrons. The Morgan fingerprint density at radius 2 is 2.00 bits per heavy atom. The van der Waals surface area contributed by atoms with E-state index in [1.807, 2.05) is 53.5 Å². The summed E-state index contributed by atoms with van der Waals surface area (Å²) >= 11 is 0. The molecule has 4 aromatic heterocycles. The molecule has 25 heavy (non-hydrogen) atoms. The zero-order valence-corrected chi connectivity index (χ0v) is 13.1. The Balaban J connectivity index is 1.64. The van der Waals surface area contributed by atoms with Crippen LogP contribution >= 0.6 is 0 Å². The number of anilines is 2. The standard InChI is InChI=1S/C18H13N7/c1-2-12-8-19-5-4-14(12)15(3-1)24-17-18-21-11-16(13-9-22-23-10-13)25(18)7-6-20-17/h1-11H,(H,20,24)(H,22,23). The summed E-state index contributed by atoms with van der Waals surface area (Å²) in [5.74, 6) is 0.696. The van der Waals surface area contributed by atoms with Crippen LogP contribution in [0.5, 0.6) is 0 Å². The summed E-state index contributed by atoms with van der Waals surface area (Å²) in [6.07, 6.45) is 12.7. The minimum Gasteiger partial charge on any atom is -0.337 e. The van der Waals surface area contributed by atoms with Gasteiger partial charge in [-0.3, -0.25) is 14.5 Å². The lowest BCUT2D eigenvalue weighted by atomic mass is 10.1. The molecule has 7 heteroatoms. The van der Waals surface area contributed by atoms with Crippen molar-refractivity contribution >= 4 is 27.9 Å². The van der Waals surface area contributed by atoms with Crippen molar-refractivity contribution < 1.29 is 0 Å². The van der Waals surface area contributed by atoms with Gasteiger partial charge in [0, 0.05) is 53.0 Å². The fraction of sp³-hybridized carbons (Fsp3) is 0. The Hall–Kier alpha value is -3.74. The Morgan fingerprint density at radius 1 is 1.00 bits per heavy atom. The number of fused-ring (bicyclic) bond motifs is 2. The quantitative estimate of drug-likeness (QED) is 0.530. The third-order valence-electron chi connectivity index (χ3n) is 4.16. The summed E-state index contributed by atoms with van der Waals surface area (Å²) in [7, 11) is 0. The molecule has 5 aromatic rings. The van der Waals surface area contributed by atoms with E-state index in [4.69, 9.17) is 0 Å². The highest BCUT2D eigenvalue weighted by atomic mass is 15.1. The lowest BCUT2D eigenvalue weighted by Gasteiger charge is -2.10. The van der Waals surface area contributed by atoms with Crippen LogP contribution in [0.15, 0.2) is 67.6 Å². The van der Waals surface area contributed by atoms with E-state index in [0.29, 0.717) is 5.82 Å². The van der Waals surface area contributed by atoms with Gasteiger partial charge >= 0.3 is 0 Å². The first-order valence-electron chi connectivity index (χ1n) is 7.81. The molecule has 0 amide bonds. The van der Waals surface area contributed by atoms with Gasteiger partial charge in [0.1, 0.15) is 0 Å². The number of hydrogen-bond donors (Lipinski definition) is 2. The van der Waals surface area contributed by atoms with Crippen LogP contribution in [0, 0.1) is 0 Å². The third kappa shape index (κ3) is 2.21. The predicted molar refractivity (Wildman–Crippen MR) is 95.6 cm³/mol. The molecule has 0 bridgehead atoms. The first-order chi connectivity index (χ1) is 12.4. The van der Waals surface area contributed by atoms with Crippen LogP contribution in [0.1, 0.15) is 0 Å². The molecule has 7 nitrogen and oxygen atoms in total. The van der Waals surface area contributed by atoms with E-state index >= 15 is 0 Å². The number of pyridine rings is 1. The van der Waals surface area contributed by atoms with Gasteiger partial charge in [0.05, 0.1) is 18.1 Å². The molecule has 0 saturated carbocycles. The third-order valence-corrected chi connectivity index (χ3v) is 4.16. The highest BCUT2D eigenvalue weighted by Gasteiger charge is 2.12. The number of nitrogens with zero attached hydrogens (tertiary/aromatic N) is 5. The largest absolute Gasteiger partial charge is 0.337 e. The van der Waals surface area contributed by atoms with Gasteiger partial charge < -0.3 is 5.32 Å². The van der Waals surface area contributed by atoms with Gasteiger partial charge in [-0.25, -0.2) is 9.97 Å². The van der Waals surface area contributed by atoms with Gasteiger partial charge in [0.2, 0.25) is 0 Å². The Bertz CT molecular complexity index is 1170. The molecular formula is C18H13N7. The lowest BCUT2D eigenvalue weighted by Crippen LogP contribution is -1.99. The average Bonchev–Trinajstić information content (AvgIpc) is 3.32. The van der Waals surface area contributed by atoms with Crippen LogP contribution in [0.25, 0.3) is 27.7 Å². The zero-order chi connectivity index (χ0) is 16.6. The van der Waals surface area contributed by atoms with Gasteiger partial charge in [0.25, 0.3) is 0 Å². The van der Waals surface area contributed by atoms with E-state index in [0.717, 1.165) is 33.4 Å². The molecule has 0 aliphatic heterocycles. The number of hydrogen-bond acceptors (Lipinski definition) is 5. The summed E-state index contributed by atoms with van der Waals surface area (Å²) in [6, 6.07) is 8.04. The van der Waals surface area contributed by atoms with Crippen molar-refractivity contribution in [3.05, 3.63) is 67.6 Å². The Morgan fingerprint density at radius 3 is 2.92 bits per heavy atom. The van der Waals surface area contributed by atoms with Crippen LogP contribution in [0.3, 0.4) is 0 Å². The van der Waals surface area contributed by atoms with E-state index in [-0.39, 0.29) is 0 Å². The van der Waals surface area contributed by atoms with Crippen LogP contribution < -0.4 is 5.32 Å². The molecule has 0 saturated heterocycles. The van der Waals surface area contributed by atoms with Gasteiger partial charge in [-0.15, -0.1) is 0 Å². The molecule has 0 unspecified atom stereocenters.